The lowest BCUT2D eigenvalue weighted by molar-refractivity contribution is 0.0933. The first-order valence-electron chi connectivity index (χ1n) is 10.3. The number of amides is 1. The van der Waals surface area contributed by atoms with Crippen molar-refractivity contribution in [2.24, 2.45) is 5.92 Å². The van der Waals surface area contributed by atoms with E-state index in [4.69, 9.17) is 31.1 Å². The van der Waals surface area contributed by atoms with Crippen LogP contribution in [0.1, 0.15) is 37.0 Å². The predicted molar refractivity (Wildman–Crippen MR) is 120 cm³/mol. The third-order valence-corrected chi connectivity index (χ3v) is 7.54. The number of hydrogen-bond donors (Lipinski definition) is 2. The van der Waals surface area contributed by atoms with Crippen LogP contribution in [0, 0.1) is 5.92 Å². The Hall–Kier alpha value is -1.31. The maximum absolute atomic E-state index is 12.6. The van der Waals surface area contributed by atoms with Gasteiger partial charge < -0.3 is 29.7 Å². The van der Waals surface area contributed by atoms with Crippen LogP contribution in [0.25, 0.3) is 0 Å². The summed E-state index contributed by atoms with van der Waals surface area (Å²) in [6.45, 7) is 7.42. The van der Waals surface area contributed by atoms with E-state index in [0.29, 0.717) is 60.4 Å². The zero-order valence-corrected chi connectivity index (χ0v) is 19.6. The first-order chi connectivity index (χ1) is 14.3. The number of benzene rings is 1. The SMILES string of the molecule is CCOP(=O)(CCN1CCC(CNC(=O)c2cc(Cl)c(N)cc2OC)CC1)OCC. The summed E-state index contributed by atoms with van der Waals surface area (Å²) < 4.78 is 28.5. The molecule has 1 heterocycles. The Labute approximate surface area is 183 Å². The molecule has 8 nitrogen and oxygen atoms in total. The molecule has 1 aromatic carbocycles. The highest BCUT2D eigenvalue weighted by atomic mass is 35.5. The van der Waals surface area contributed by atoms with E-state index in [9.17, 15) is 9.36 Å². The van der Waals surface area contributed by atoms with Gasteiger partial charge in [0.2, 0.25) is 0 Å². The van der Waals surface area contributed by atoms with E-state index in [1.54, 1.807) is 6.07 Å². The van der Waals surface area contributed by atoms with Crippen molar-refractivity contribution in [2.45, 2.75) is 26.7 Å². The predicted octanol–water partition coefficient (Wildman–Crippen LogP) is 3.64. The summed E-state index contributed by atoms with van der Waals surface area (Å²) in [6.07, 6.45) is 2.30. The van der Waals surface area contributed by atoms with Gasteiger partial charge >= 0.3 is 7.60 Å². The normalized spacial score (nSPS) is 15.9. The number of nitrogens with one attached hydrogen (secondary N) is 1. The Balaban J connectivity index is 1.79. The number of carbonyl (C=O) groups excluding carboxylic acids is 1. The number of nitrogens with zero attached hydrogens (tertiary/aromatic N) is 1. The molecule has 0 aliphatic carbocycles. The number of hydrogen-bond acceptors (Lipinski definition) is 7. The highest BCUT2D eigenvalue weighted by molar-refractivity contribution is 7.53. The quantitative estimate of drug-likeness (QED) is 0.383. The Morgan fingerprint density at radius 2 is 1.90 bits per heavy atom. The van der Waals surface area contributed by atoms with Crippen LogP contribution in [-0.4, -0.2) is 63.5 Å². The van der Waals surface area contributed by atoms with Crippen molar-refractivity contribution in [3.8, 4) is 5.75 Å². The van der Waals surface area contributed by atoms with Crippen molar-refractivity contribution in [1.29, 1.82) is 0 Å². The molecule has 1 saturated heterocycles. The van der Waals surface area contributed by atoms with Crippen molar-refractivity contribution in [1.82, 2.24) is 10.2 Å². The molecule has 3 N–H and O–H groups in total. The fourth-order valence-corrected chi connectivity index (χ4v) is 5.30. The second kappa shape index (κ2) is 11.9. The number of ether oxygens (including phenoxy) is 1. The Morgan fingerprint density at radius 1 is 1.27 bits per heavy atom. The first-order valence-corrected chi connectivity index (χ1v) is 12.4. The molecule has 1 fully saturated rings. The van der Waals surface area contributed by atoms with Gasteiger partial charge in [0, 0.05) is 19.2 Å². The first kappa shape index (κ1) is 25.0. The third-order valence-electron chi connectivity index (χ3n) is 5.16. The molecule has 0 bridgehead atoms. The van der Waals surface area contributed by atoms with Gasteiger partial charge in [0.05, 0.1) is 42.8 Å². The topological polar surface area (TPSA) is 103 Å². The highest BCUT2D eigenvalue weighted by Gasteiger charge is 2.27. The second-order valence-corrected chi connectivity index (χ2v) is 9.83. The van der Waals surface area contributed by atoms with Gasteiger partial charge in [-0.05, 0) is 51.8 Å². The van der Waals surface area contributed by atoms with Gasteiger partial charge in [-0.25, -0.2) is 0 Å². The maximum atomic E-state index is 12.6. The van der Waals surface area contributed by atoms with Crippen molar-refractivity contribution in [3.63, 3.8) is 0 Å². The monoisotopic (exact) mass is 461 g/mol. The summed E-state index contributed by atoms with van der Waals surface area (Å²) in [6, 6.07) is 3.08. The average Bonchev–Trinajstić information content (AvgIpc) is 2.73. The van der Waals surface area contributed by atoms with E-state index in [1.807, 2.05) is 13.8 Å². The van der Waals surface area contributed by atoms with E-state index >= 15 is 0 Å². The van der Waals surface area contributed by atoms with Gasteiger partial charge in [-0.2, -0.15) is 0 Å². The summed E-state index contributed by atoms with van der Waals surface area (Å²) in [5.74, 6) is 0.550. The lowest BCUT2D eigenvalue weighted by Crippen LogP contribution is -2.39. The van der Waals surface area contributed by atoms with Crippen LogP contribution in [0.4, 0.5) is 5.69 Å². The summed E-state index contributed by atoms with van der Waals surface area (Å²) in [4.78, 5) is 14.8. The molecule has 170 valence electrons. The molecule has 30 heavy (non-hydrogen) atoms. The zero-order valence-electron chi connectivity index (χ0n) is 18.0. The van der Waals surface area contributed by atoms with Crippen molar-refractivity contribution < 1.29 is 23.1 Å². The molecule has 0 radical (unpaired) electrons. The number of piperidine rings is 1. The number of halogens is 1. The van der Waals surface area contributed by atoms with Crippen molar-refractivity contribution >= 4 is 30.8 Å². The molecule has 0 saturated carbocycles. The van der Waals surface area contributed by atoms with E-state index in [0.717, 1.165) is 25.9 Å². The molecule has 0 atom stereocenters. The van der Waals surface area contributed by atoms with Gasteiger partial charge in [-0.15, -0.1) is 0 Å². The third kappa shape index (κ3) is 7.13. The molecule has 1 aromatic rings. The number of methoxy groups -OCH3 is 1. The molecular formula is C20H33ClN3O5P. The maximum Gasteiger partial charge on any atom is 0.331 e. The lowest BCUT2D eigenvalue weighted by Gasteiger charge is -2.32. The fourth-order valence-electron chi connectivity index (χ4n) is 3.49. The number of nitrogen functional groups attached to an aromatic ring is 1. The molecule has 10 heteroatoms. The van der Waals surface area contributed by atoms with Crippen LogP contribution in [0.2, 0.25) is 5.02 Å². The van der Waals surface area contributed by atoms with Crippen molar-refractivity contribution in [2.75, 3.05) is 58.4 Å². The van der Waals surface area contributed by atoms with Crippen LogP contribution < -0.4 is 15.8 Å². The molecule has 0 unspecified atom stereocenters. The largest absolute Gasteiger partial charge is 0.496 e. The Kier molecular flexibility index (Phi) is 9.91. The Morgan fingerprint density at radius 3 is 2.47 bits per heavy atom. The average molecular weight is 462 g/mol. The van der Waals surface area contributed by atoms with Crippen LogP contribution in [0.5, 0.6) is 5.75 Å². The minimum absolute atomic E-state index is 0.231. The highest BCUT2D eigenvalue weighted by Crippen LogP contribution is 2.47. The summed E-state index contributed by atoms with van der Waals surface area (Å²) in [5, 5.41) is 3.30. The molecule has 2 rings (SSSR count). The standard InChI is InChI=1S/C20H33ClN3O5P/c1-4-28-30(26,29-5-2)11-10-24-8-6-15(7-9-24)14-23-20(25)16-12-17(21)18(22)13-19(16)27-3/h12-13,15H,4-11,14,22H2,1-3H3,(H,23,25). The van der Waals surface area contributed by atoms with Gasteiger partial charge in [0.15, 0.2) is 0 Å². The van der Waals surface area contributed by atoms with Gasteiger partial charge in [0.25, 0.3) is 5.91 Å². The summed E-state index contributed by atoms with van der Waals surface area (Å²) in [5.41, 5.74) is 6.52. The zero-order chi connectivity index (χ0) is 22.1. The Bertz CT molecular complexity index is 746. The summed E-state index contributed by atoms with van der Waals surface area (Å²) in [7, 11) is -1.52. The molecular weight excluding hydrogens is 429 g/mol. The molecule has 1 amide bonds. The second-order valence-electron chi connectivity index (χ2n) is 7.24. The molecule has 0 aromatic heterocycles. The van der Waals surface area contributed by atoms with E-state index < -0.39 is 7.60 Å². The van der Waals surface area contributed by atoms with Crippen LogP contribution in [0.3, 0.4) is 0 Å². The van der Waals surface area contributed by atoms with E-state index in [2.05, 4.69) is 10.2 Å². The van der Waals surface area contributed by atoms with Crippen LogP contribution >= 0.6 is 19.2 Å². The van der Waals surface area contributed by atoms with E-state index in [-0.39, 0.29) is 5.91 Å². The van der Waals surface area contributed by atoms with Crippen molar-refractivity contribution in [3.05, 3.63) is 22.7 Å². The molecule has 1 aliphatic heterocycles. The van der Waals surface area contributed by atoms with E-state index in [1.165, 1.54) is 13.2 Å². The number of carbonyl (C=O) groups is 1. The lowest BCUT2D eigenvalue weighted by atomic mass is 9.96. The minimum atomic E-state index is -3.01. The van der Waals surface area contributed by atoms with Gasteiger partial charge in [-0.1, -0.05) is 11.6 Å². The number of likely N-dealkylation sites (tertiary alicyclic amines) is 1. The molecule has 0 spiro atoms. The van der Waals surface area contributed by atoms with Gasteiger partial charge in [0.1, 0.15) is 5.75 Å². The molecule has 1 aliphatic rings. The van der Waals surface area contributed by atoms with Gasteiger partial charge in [-0.3, -0.25) is 9.36 Å². The number of nitrogens with two attached hydrogens (primary N) is 1. The number of anilines is 1. The van der Waals surface area contributed by atoms with Crippen LogP contribution in [-0.2, 0) is 13.6 Å². The van der Waals surface area contributed by atoms with Crippen LogP contribution in [0.15, 0.2) is 12.1 Å². The smallest absolute Gasteiger partial charge is 0.331 e. The summed E-state index contributed by atoms with van der Waals surface area (Å²) >= 11 is 6.05. The number of rotatable bonds is 11. The minimum Gasteiger partial charge on any atom is -0.496 e. The fraction of sp³-hybridized carbons (Fsp3) is 0.650.